The molecule has 76 heavy (non-hydrogen) atoms. The fourth-order valence-electron chi connectivity index (χ4n) is 11.6. The topological polar surface area (TPSA) is 13.1 Å². The van der Waals surface area contributed by atoms with Crippen molar-refractivity contribution < 1.29 is 0 Å². The zero-order valence-electron chi connectivity index (χ0n) is 41.8. The highest BCUT2D eigenvalue weighted by Crippen LogP contribution is 2.42. The molecular formula is C73H51N3. The molecule has 0 aliphatic heterocycles. The molecule has 0 saturated heterocycles. The normalized spacial score (nSPS) is 11.5. The first kappa shape index (κ1) is 44.7. The summed E-state index contributed by atoms with van der Waals surface area (Å²) in [6.07, 6.45) is 0. The Bertz CT molecular complexity index is 3970. The lowest BCUT2D eigenvalue weighted by Gasteiger charge is -2.25. The molecule has 2 heterocycles. The van der Waals surface area contributed by atoms with Gasteiger partial charge in [-0.2, -0.15) is 0 Å². The fraction of sp³-hybridized carbons (Fsp3) is 0.0137. The first-order valence-corrected chi connectivity index (χ1v) is 26.2. The highest BCUT2D eigenvalue weighted by molar-refractivity contribution is 6.14. The molecule has 0 amide bonds. The molecule has 0 N–H and O–H groups in total. The third-order valence-electron chi connectivity index (χ3n) is 15.2. The van der Waals surface area contributed by atoms with E-state index in [1.807, 2.05) is 0 Å². The van der Waals surface area contributed by atoms with Crippen molar-refractivity contribution in [3.63, 3.8) is 0 Å². The van der Waals surface area contributed by atoms with Gasteiger partial charge in [0.2, 0.25) is 0 Å². The van der Waals surface area contributed by atoms with Crippen molar-refractivity contribution in [1.29, 1.82) is 0 Å². The molecule has 0 unspecified atom stereocenters. The van der Waals surface area contributed by atoms with Crippen LogP contribution in [0.3, 0.4) is 0 Å². The predicted molar refractivity (Wildman–Crippen MR) is 320 cm³/mol. The lowest BCUT2D eigenvalue weighted by atomic mass is 9.84. The number of benzene rings is 12. The van der Waals surface area contributed by atoms with Crippen LogP contribution in [0.1, 0.15) is 22.6 Å². The molecule has 14 rings (SSSR count). The van der Waals surface area contributed by atoms with Crippen LogP contribution >= 0.6 is 0 Å². The van der Waals surface area contributed by atoms with Crippen LogP contribution in [0.25, 0.3) is 88.4 Å². The van der Waals surface area contributed by atoms with Gasteiger partial charge < -0.3 is 14.0 Å². The van der Waals surface area contributed by atoms with E-state index in [0.717, 1.165) is 28.4 Å². The van der Waals surface area contributed by atoms with Crippen molar-refractivity contribution in [2.24, 2.45) is 0 Å². The number of rotatable bonds is 11. The van der Waals surface area contributed by atoms with Crippen molar-refractivity contribution in [2.45, 2.75) is 5.92 Å². The van der Waals surface area contributed by atoms with Gasteiger partial charge in [0.25, 0.3) is 0 Å². The van der Waals surface area contributed by atoms with Gasteiger partial charge in [-0.3, -0.25) is 0 Å². The number of aromatic nitrogens is 2. The van der Waals surface area contributed by atoms with Gasteiger partial charge in [0.15, 0.2) is 0 Å². The Kier molecular flexibility index (Phi) is 11.3. The van der Waals surface area contributed by atoms with E-state index >= 15 is 0 Å². The quantitative estimate of drug-likeness (QED) is 0.118. The summed E-state index contributed by atoms with van der Waals surface area (Å²) in [6, 6.07) is 111. The Morgan fingerprint density at radius 1 is 0.224 bits per heavy atom. The molecule has 0 aliphatic carbocycles. The summed E-state index contributed by atoms with van der Waals surface area (Å²) in [5.41, 5.74) is 21.3. The SMILES string of the molecule is c1ccc(C(c2ccccc2)c2ccc(-c3ccc4c(c3)c3cc(-c5ccc6c(c5)c5cc(-c7ccc(N(c8ccccc8)c8ccccc8)cc7)ccc5n6-c5ccccc5)ccc3n4-c3ccccc3)cc2)cc1. The summed E-state index contributed by atoms with van der Waals surface area (Å²) in [5.74, 6) is 0.146. The third-order valence-corrected chi connectivity index (χ3v) is 15.2. The van der Waals surface area contributed by atoms with Gasteiger partial charge in [-0.25, -0.2) is 0 Å². The van der Waals surface area contributed by atoms with Crippen LogP contribution < -0.4 is 4.90 Å². The Labute approximate surface area is 443 Å². The Morgan fingerprint density at radius 3 is 0.842 bits per heavy atom. The molecule has 0 bridgehead atoms. The third kappa shape index (κ3) is 8.03. The largest absolute Gasteiger partial charge is 0.311 e. The minimum atomic E-state index is 0.146. The molecule has 14 aromatic rings. The van der Waals surface area contributed by atoms with Gasteiger partial charge in [0.05, 0.1) is 22.1 Å². The van der Waals surface area contributed by atoms with Crippen LogP contribution in [-0.2, 0) is 0 Å². The number of anilines is 3. The summed E-state index contributed by atoms with van der Waals surface area (Å²) >= 11 is 0. The highest BCUT2D eigenvalue weighted by atomic mass is 15.1. The monoisotopic (exact) mass is 969 g/mol. The van der Waals surface area contributed by atoms with Crippen LogP contribution in [0.2, 0.25) is 0 Å². The maximum absolute atomic E-state index is 2.41. The van der Waals surface area contributed by atoms with Crippen molar-refractivity contribution in [2.75, 3.05) is 4.90 Å². The van der Waals surface area contributed by atoms with Crippen molar-refractivity contribution >= 4 is 60.7 Å². The minimum Gasteiger partial charge on any atom is -0.311 e. The van der Waals surface area contributed by atoms with E-state index in [2.05, 4.69) is 317 Å². The summed E-state index contributed by atoms with van der Waals surface area (Å²) in [7, 11) is 0. The molecular weight excluding hydrogens is 919 g/mol. The van der Waals surface area contributed by atoms with E-state index in [0.29, 0.717) is 0 Å². The minimum absolute atomic E-state index is 0.146. The fourth-order valence-corrected chi connectivity index (χ4v) is 11.6. The first-order chi connectivity index (χ1) is 37.7. The lowest BCUT2D eigenvalue weighted by molar-refractivity contribution is 0.978. The van der Waals surface area contributed by atoms with Gasteiger partial charge in [-0.05, 0) is 159 Å². The van der Waals surface area contributed by atoms with E-state index in [1.165, 1.54) is 93.7 Å². The van der Waals surface area contributed by atoms with E-state index in [-0.39, 0.29) is 5.92 Å². The zero-order chi connectivity index (χ0) is 50.4. The molecule has 0 atom stereocenters. The van der Waals surface area contributed by atoms with Crippen LogP contribution in [0.5, 0.6) is 0 Å². The van der Waals surface area contributed by atoms with Crippen LogP contribution in [0.4, 0.5) is 17.1 Å². The second-order valence-corrected chi connectivity index (χ2v) is 19.7. The summed E-state index contributed by atoms with van der Waals surface area (Å²) < 4.78 is 4.82. The predicted octanol–water partition coefficient (Wildman–Crippen LogP) is 19.5. The van der Waals surface area contributed by atoms with Gasteiger partial charge in [-0.15, -0.1) is 0 Å². The number of para-hydroxylation sites is 4. The molecule has 3 heteroatoms. The molecule has 12 aromatic carbocycles. The number of hydrogen-bond donors (Lipinski definition) is 0. The van der Waals surface area contributed by atoms with E-state index in [4.69, 9.17) is 0 Å². The Balaban J connectivity index is 0.875. The molecule has 0 spiro atoms. The Morgan fingerprint density at radius 2 is 0.487 bits per heavy atom. The standard InChI is InChI=1S/C73H51N3/c1-7-19-53(20-8-1)73(54-21-9-2-10-22-54)55-33-31-51(32-34-55)56-37-43-69-65(47-56)67-49-58(39-45-71(67)75(69)62-27-15-5-16-28-62)59-40-46-72-68(50-59)66-48-57(38-44-70(66)76(72)63-29-17-6-18-30-63)52-35-41-64(42-36-52)74(60-23-11-3-12-24-60)61-25-13-4-14-26-61/h1-50,73H. The van der Waals surface area contributed by atoms with Crippen molar-refractivity contribution in [3.05, 3.63) is 320 Å². The second kappa shape index (κ2) is 19.1. The molecule has 0 aliphatic rings. The smallest absolute Gasteiger partial charge is 0.0541 e. The first-order valence-electron chi connectivity index (χ1n) is 26.2. The van der Waals surface area contributed by atoms with Crippen LogP contribution in [0.15, 0.2) is 303 Å². The van der Waals surface area contributed by atoms with Gasteiger partial charge >= 0.3 is 0 Å². The molecule has 358 valence electrons. The number of nitrogens with zero attached hydrogens (tertiary/aromatic N) is 3. The van der Waals surface area contributed by atoms with Crippen molar-refractivity contribution in [3.8, 4) is 44.8 Å². The molecule has 0 radical (unpaired) electrons. The maximum Gasteiger partial charge on any atom is 0.0541 e. The van der Waals surface area contributed by atoms with Crippen LogP contribution in [-0.4, -0.2) is 9.13 Å². The number of fused-ring (bicyclic) bond motifs is 6. The van der Waals surface area contributed by atoms with E-state index in [9.17, 15) is 0 Å². The maximum atomic E-state index is 2.41. The molecule has 3 nitrogen and oxygen atoms in total. The van der Waals surface area contributed by atoms with E-state index < -0.39 is 0 Å². The van der Waals surface area contributed by atoms with Gasteiger partial charge in [-0.1, -0.05) is 194 Å². The lowest BCUT2D eigenvalue weighted by Crippen LogP contribution is -2.09. The van der Waals surface area contributed by atoms with Crippen molar-refractivity contribution in [1.82, 2.24) is 9.13 Å². The molecule has 2 aromatic heterocycles. The highest BCUT2D eigenvalue weighted by Gasteiger charge is 2.20. The average molecular weight is 970 g/mol. The van der Waals surface area contributed by atoms with Gasteiger partial charge in [0.1, 0.15) is 0 Å². The number of hydrogen-bond acceptors (Lipinski definition) is 1. The van der Waals surface area contributed by atoms with Crippen LogP contribution in [0, 0.1) is 0 Å². The summed E-state index contributed by atoms with van der Waals surface area (Å²) in [4.78, 5) is 2.31. The zero-order valence-corrected chi connectivity index (χ0v) is 41.8. The second-order valence-electron chi connectivity index (χ2n) is 19.7. The van der Waals surface area contributed by atoms with E-state index in [1.54, 1.807) is 0 Å². The molecule has 0 saturated carbocycles. The summed E-state index contributed by atoms with van der Waals surface area (Å²) in [6.45, 7) is 0. The Hall–Kier alpha value is -9.96. The average Bonchev–Trinajstić information content (AvgIpc) is 4.08. The summed E-state index contributed by atoms with van der Waals surface area (Å²) in [5, 5.41) is 4.88. The van der Waals surface area contributed by atoms with Gasteiger partial charge in [0, 0.05) is 55.9 Å². The molecule has 0 fully saturated rings.